The van der Waals surface area contributed by atoms with E-state index in [2.05, 4.69) is 28.2 Å². The van der Waals surface area contributed by atoms with Gasteiger partial charge in [0.1, 0.15) is 0 Å². The van der Waals surface area contributed by atoms with Crippen molar-refractivity contribution < 1.29 is 4.79 Å². The molecule has 4 heteroatoms. The normalized spacial score (nSPS) is 22.9. The van der Waals surface area contributed by atoms with E-state index in [1.807, 2.05) is 0 Å². The molecule has 1 fully saturated rings. The zero-order valence-electron chi connectivity index (χ0n) is 9.16. The molecule has 1 aliphatic carbocycles. The number of nitrogens with two attached hydrogens (primary N) is 1. The van der Waals surface area contributed by atoms with Crippen molar-refractivity contribution in [1.29, 1.82) is 0 Å². The molecule has 0 spiro atoms. The molecule has 1 saturated carbocycles. The quantitative estimate of drug-likeness (QED) is 0.837. The summed E-state index contributed by atoms with van der Waals surface area (Å²) in [5.41, 5.74) is 6.86. The summed E-state index contributed by atoms with van der Waals surface area (Å²) in [5, 5.41) is 2.93. The third-order valence-corrected chi connectivity index (χ3v) is 3.73. The average molecular weight is 283 g/mol. The molecule has 0 aromatic heterocycles. The molecule has 0 aliphatic heterocycles. The van der Waals surface area contributed by atoms with Gasteiger partial charge in [0.15, 0.2) is 0 Å². The maximum absolute atomic E-state index is 11.9. The van der Waals surface area contributed by atoms with Crippen molar-refractivity contribution >= 4 is 27.5 Å². The van der Waals surface area contributed by atoms with E-state index in [9.17, 15) is 4.79 Å². The number of anilines is 1. The maximum Gasteiger partial charge on any atom is 0.252 e. The SMILES string of the molecule is CC1CC1CNC(=O)c1cc(N)ccc1Br. The van der Waals surface area contributed by atoms with Crippen molar-refractivity contribution in [2.24, 2.45) is 11.8 Å². The molecule has 0 radical (unpaired) electrons. The highest BCUT2D eigenvalue weighted by Crippen LogP contribution is 2.36. The average Bonchev–Trinajstić information content (AvgIpc) is 2.95. The molecule has 1 aliphatic rings. The minimum atomic E-state index is -0.0572. The fourth-order valence-corrected chi connectivity index (χ4v) is 2.15. The smallest absolute Gasteiger partial charge is 0.252 e. The number of halogens is 1. The highest BCUT2D eigenvalue weighted by atomic mass is 79.9. The van der Waals surface area contributed by atoms with Crippen molar-refractivity contribution in [3.05, 3.63) is 28.2 Å². The second-order valence-electron chi connectivity index (χ2n) is 4.42. The third kappa shape index (κ3) is 2.55. The lowest BCUT2D eigenvalue weighted by Crippen LogP contribution is -2.26. The van der Waals surface area contributed by atoms with Crippen LogP contribution >= 0.6 is 15.9 Å². The minimum absolute atomic E-state index is 0.0572. The largest absolute Gasteiger partial charge is 0.399 e. The number of hydrogen-bond acceptors (Lipinski definition) is 2. The number of rotatable bonds is 3. The van der Waals surface area contributed by atoms with Crippen LogP contribution in [0.1, 0.15) is 23.7 Å². The first kappa shape index (κ1) is 11.5. The fourth-order valence-electron chi connectivity index (χ4n) is 1.72. The standard InChI is InChI=1S/C12H15BrN2O/c1-7-4-8(7)6-15-12(16)10-5-9(14)2-3-11(10)13/h2-3,5,7-8H,4,6,14H2,1H3,(H,15,16). The Hall–Kier alpha value is -1.03. The van der Waals surface area contributed by atoms with Gasteiger partial charge in [-0.05, 0) is 52.4 Å². The van der Waals surface area contributed by atoms with Crippen molar-refractivity contribution in [2.75, 3.05) is 12.3 Å². The van der Waals surface area contributed by atoms with Gasteiger partial charge in [-0.25, -0.2) is 0 Å². The molecule has 0 heterocycles. The van der Waals surface area contributed by atoms with E-state index in [1.165, 1.54) is 6.42 Å². The first-order valence-corrected chi connectivity index (χ1v) is 6.20. The fraction of sp³-hybridized carbons (Fsp3) is 0.417. The van der Waals surface area contributed by atoms with Gasteiger partial charge in [0.2, 0.25) is 0 Å². The van der Waals surface area contributed by atoms with Gasteiger partial charge in [-0.15, -0.1) is 0 Å². The lowest BCUT2D eigenvalue weighted by molar-refractivity contribution is 0.0950. The molecule has 16 heavy (non-hydrogen) atoms. The molecule has 1 amide bonds. The predicted molar refractivity (Wildman–Crippen MR) is 68.2 cm³/mol. The highest BCUT2D eigenvalue weighted by Gasteiger charge is 2.32. The lowest BCUT2D eigenvalue weighted by atomic mass is 10.2. The molecule has 2 rings (SSSR count). The molecule has 1 aromatic rings. The monoisotopic (exact) mass is 282 g/mol. The zero-order chi connectivity index (χ0) is 11.7. The summed E-state index contributed by atoms with van der Waals surface area (Å²) in [6, 6.07) is 5.25. The maximum atomic E-state index is 11.9. The second kappa shape index (κ2) is 4.45. The Kier molecular flexibility index (Phi) is 3.19. The summed E-state index contributed by atoms with van der Waals surface area (Å²) in [4.78, 5) is 11.9. The van der Waals surface area contributed by atoms with Crippen LogP contribution in [0, 0.1) is 11.8 Å². The molecule has 2 unspecified atom stereocenters. The van der Waals surface area contributed by atoms with E-state index in [0.29, 0.717) is 17.2 Å². The first-order chi connectivity index (χ1) is 7.58. The van der Waals surface area contributed by atoms with Crippen molar-refractivity contribution in [1.82, 2.24) is 5.32 Å². The van der Waals surface area contributed by atoms with Crippen LogP contribution in [0.3, 0.4) is 0 Å². The van der Waals surface area contributed by atoms with Gasteiger partial charge in [0.05, 0.1) is 5.56 Å². The Morgan fingerprint density at radius 1 is 1.62 bits per heavy atom. The molecule has 3 nitrogen and oxygen atoms in total. The van der Waals surface area contributed by atoms with Crippen LogP contribution in [0.2, 0.25) is 0 Å². The minimum Gasteiger partial charge on any atom is -0.399 e. The summed E-state index contributed by atoms with van der Waals surface area (Å²) in [7, 11) is 0. The van der Waals surface area contributed by atoms with Crippen LogP contribution in [-0.2, 0) is 0 Å². The van der Waals surface area contributed by atoms with Crippen LogP contribution < -0.4 is 11.1 Å². The molecule has 3 N–H and O–H groups in total. The van der Waals surface area contributed by atoms with E-state index in [4.69, 9.17) is 5.73 Å². The van der Waals surface area contributed by atoms with Crippen LogP contribution in [0.5, 0.6) is 0 Å². The molecule has 0 bridgehead atoms. The van der Waals surface area contributed by atoms with Gasteiger partial charge in [-0.2, -0.15) is 0 Å². The van der Waals surface area contributed by atoms with E-state index >= 15 is 0 Å². The van der Waals surface area contributed by atoms with E-state index in [0.717, 1.165) is 16.9 Å². The number of nitrogen functional groups attached to an aromatic ring is 1. The molecule has 1 aromatic carbocycles. The van der Waals surface area contributed by atoms with Crippen LogP contribution in [0.4, 0.5) is 5.69 Å². The van der Waals surface area contributed by atoms with Crippen LogP contribution in [0.25, 0.3) is 0 Å². The van der Waals surface area contributed by atoms with Gasteiger partial charge >= 0.3 is 0 Å². The third-order valence-electron chi connectivity index (χ3n) is 3.04. The van der Waals surface area contributed by atoms with E-state index in [1.54, 1.807) is 18.2 Å². The topological polar surface area (TPSA) is 55.1 Å². The molecular weight excluding hydrogens is 268 g/mol. The summed E-state index contributed by atoms with van der Waals surface area (Å²) in [6.07, 6.45) is 1.22. The Morgan fingerprint density at radius 2 is 2.31 bits per heavy atom. The van der Waals surface area contributed by atoms with Crippen molar-refractivity contribution in [3.63, 3.8) is 0 Å². The Labute approximate surface area is 104 Å². The summed E-state index contributed by atoms with van der Waals surface area (Å²) in [6.45, 7) is 2.97. The van der Waals surface area contributed by atoms with Gasteiger partial charge in [0.25, 0.3) is 5.91 Å². The second-order valence-corrected chi connectivity index (χ2v) is 5.28. The van der Waals surface area contributed by atoms with Crippen molar-refractivity contribution in [2.45, 2.75) is 13.3 Å². The summed E-state index contributed by atoms with van der Waals surface area (Å²) < 4.78 is 0.781. The molecular formula is C12H15BrN2O. The lowest BCUT2D eigenvalue weighted by Gasteiger charge is -2.07. The van der Waals surface area contributed by atoms with Gasteiger partial charge in [-0.1, -0.05) is 6.92 Å². The molecule has 86 valence electrons. The Morgan fingerprint density at radius 3 is 2.94 bits per heavy atom. The Balaban J connectivity index is 1.99. The zero-order valence-corrected chi connectivity index (χ0v) is 10.8. The van der Waals surface area contributed by atoms with E-state index in [-0.39, 0.29) is 5.91 Å². The molecule has 2 atom stereocenters. The number of hydrogen-bond donors (Lipinski definition) is 2. The summed E-state index contributed by atoms with van der Waals surface area (Å²) in [5.74, 6) is 1.35. The number of carbonyl (C=O) groups is 1. The van der Waals surface area contributed by atoms with Crippen LogP contribution in [-0.4, -0.2) is 12.5 Å². The van der Waals surface area contributed by atoms with Gasteiger partial charge < -0.3 is 11.1 Å². The number of amides is 1. The summed E-state index contributed by atoms with van der Waals surface area (Å²) >= 11 is 3.35. The number of carbonyl (C=O) groups excluding carboxylic acids is 1. The van der Waals surface area contributed by atoms with Gasteiger partial charge in [0, 0.05) is 16.7 Å². The van der Waals surface area contributed by atoms with E-state index < -0.39 is 0 Å². The highest BCUT2D eigenvalue weighted by molar-refractivity contribution is 9.10. The number of benzene rings is 1. The molecule has 0 saturated heterocycles. The predicted octanol–water partition coefficient (Wildman–Crippen LogP) is 2.42. The number of nitrogens with one attached hydrogen (secondary N) is 1. The van der Waals surface area contributed by atoms with Gasteiger partial charge in [-0.3, -0.25) is 4.79 Å². The first-order valence-electron chi connectivity index (χ1n) is 5.41. The van der Waals surface area contributed by atoms with Crippen molar-refractivity contribution in [3.8, 4) is 0 Å². The Bertz CT molecular complexity index is 419. The van der Waals surface area contributed by atoms with Crippen LogP contribution in [0.15, 0.2) is 22.7 Å².